The minimum atomic E-state index is -3.37. The lowest BCUT2D eigenvalue weighted by Gasteiger charge is -2.29. The predicted octanol–water partition coefficient (Wildman–Crippen LogP) is 4.12. The number of rotatable bonds is 3. The quantitative estimate of drug-likeness (QED) is 0.687. The number of aryl methyl sites for hydroxylation is 4. The van der Waals surface area contributed by atoms with Crippen LogP contribution in [0.1, 0.15) is 39.2 Å². The van der Waals surface area contributed by atoms with E-state index < -0.39 is 10.0 Å². The van der Waals surface area contributed by atoms with Crippen molar-refractivity contribution in [3.63, 3.8) is 0 Å². The van der Waals surface area contributed by atoms with Crippen molar-refractivity contribution >= 4 is 38.2 Å². The van der Waals surface area contributed by atoms with Gasteiger partial charge in [0.25, 0.3) is 5.91 Å². The third kappa shape index (κ3) is 3.77. The summed E-state index contributed by atoms with van der Waals surface area (Å²) in [5.41, 5.74) is 6.43. The number of nitrogens with one attached hydrogen (secondary N) is 1. The van der Waals surface area contributed by atoms with Crippen molar-refractivity contribution in [1.29, 1.82) is 0 Å². The van der Waals surface area contributed by atoms with Crippen molar-refractivity contribution in [2.24, 2.45) is 0 Å². The highest BCUT2D eigenvalue weighted by molar-refractivity contribution is 7.92. The molecule has 4 rings (SSSR count). The first kappa shape index (κ1) is 20.3. The zero-order valence-corrected chi connectivity index (χ0v) is 18.4. The number of hydrogen-bond donors (Lipinski definition) is 1. The third-order valence-electron chi connectivity index (χ3n) is 5.51. The van der Waals surface area contributed by atoms with Gasteiger partial charge in [-0.15, -0.1) is 0 Å². The molecule has 0 saturated heterocycles. The molecule has 2 aromatic carbocycles. The van der Waals surface area contributed by atoms with Crippen molar-refractivity contribution in [1.82, 2.24) is 4.98 Å². The van der Waals surface area contributed by atoms with Crippen molar-refractivity contribution in [3.05, 3.63) is 64.3 Å². The molecule has 0 bridgehead atoms. The number of hydrogen-bond acceptors (Lipinski definition) is 4. The number of benzene rings is 2. The monoisotopic (exact) mass is 423 g/mol. The van der Waals surface area contributed by atoms with E-state index in [-0.39, 0.29) is 5.91 Å². The molecule has 0 atom stereocenters. The Kier molecular flexibility index (Phi) is 5.02. The molecule has 0 spiro atoms. The Bertz CT molecular complexity index is 1280. The summed E-state index contributed by atoms with van der Waals surface area (Å²) in [6.07, 6.45) is 2.82. The summed E-state index contributed by atoms with van der Waals surface area (Å²) in [6, 6.07) is 11.4. The number of carbonyl (C=O) groups is 1. The number of aromatic nitrogens is 1. The Morgan fingerprint density at radius 1 is 1.10 bits per heavy atom. The van der Waals surface area contributed by atoms with Gasteiger partial charge in [0, 0.05) is 17.6 Å². The molecule has 0 unspecified atom stereocenters. The van der Waals surface area contributed by atoms with Crippen molar-refractivity contribution in [3.8, 4) is 0 Å². The van der Waals surface area contributed by atoms with Gasteiger partial charge in [-0.2, -0.15) is 0 Å². The molecule has 0 radical (unpaired) electrons. The fourth-order valence-electron chi connectivity index (χ4n) is 4.13. The fraction of sp³-hybridized carbons (Fsp3) is 0.304. The largest absolute Gasteiger partial charge is 0.322 e. The van der Waals surface area contributed by atoms with E-state index in [1.807, 2.05) is 45.0 Å². The number of amides is 1. The Hall–Kier alpha value is -2.93. The molecule has 7 heteroatoms. The topological polar surface area (TPSA) is 79.4 Å². The molecule has 1 amide bonds. The normalized spacial score (nSPS) is 13.9. The molecule has 0 saturated carbocycles. The van der Waals surface area contributed by atoms with Crippen molar-refractivity contribution < 1.29 is 13.2 Å². The van der Waals surface area contributed by atoms with Gasteiger partial charge >= 0.3 is 0 Å². The second-order valence-corrected chi connectivity index (χ2v) is 9.92. The first-order valence-corrected chi connectivity index (χ1v) is 11.8. The van der Waals surface area contributed by atoms with Crippen LogP contribution in [0, 0.1) is 20.8 Å². The van der Waals surface area contributed by atoms with Crippen LogP contribution >= 0.6 is 0 Å². The predicted molar refractivity (Wildman–Crippen MR) is 121 cm³/mol. The van der Waals surface area contributed by atoms with Gasteiger partial charge in [0.05, 0.1) is 28.7 Å². The molecule has 30 heavy (non-hydrogen) atoms. The summed E-state index contributed by atoms with van der Waals surface area (Å²) >= 11 is 0. The van der Waals surface area contributed by atoms with Crippen LogP contribution in [-0.2, 0) is 16.4 Å². The third-order valence-corrected chi connectivity index (χ3v) is 6.69. The minimum absolute atomic E-state index is 0.261. The van der Waals surface area contributed by atoms with Crippen LogP contribution in [0.4, 0.5) is 11.4 Å². The van der Waals surface area contributed by atoms with Gasteiger partial charge in [0.15, 0.2) is 0 Å². The number of anilines is 2. The minimum Gasteiger partial charge on any atom is -0.322 e. The standard InChI is InChI=1S/C23H25N3O3S/c1-14-10-15(2)22-18(11-14)12-20(16(3)24-22)23(27)25-19-8-7-17-6-5-9-26(21(17)13-19)30(4,28)29/h7-8,10-13H,5-6,9H2,1-4H3,(H,25,27). The fourth-order valence-corrected chi connectivity index (χ4v) is 5.12. The van der Waals surface area contributed by atoms with Crippen molar-refractivity contribution in [2.45, 2.75) is 33.6 Å². The lowest BCUT2D eigenvalue weighted by Crippen LogP contribution is -2.34. The summed E-state index contributed by atoms with van der Waals surface area (Å²) in [5.74, 6) is -0.261. The number of sulfonamides is 1. The number of carbonyl (C=O) groups excluding carboxylic acids is 1. The lowest BCUT2D eigenvalue weighted by atomic mass is 10.0. The molecule has 2 heterocycles. The SMILES string of the molecule is Cc1cc(C)c2nc(C)c(C(=O)Nc3ccc4c(c3)N(S(C)(=O)=O)CCC4)cc2c1. The van der Waals surface area contributed by atoms with Gasteiger partial charge in [-0.25, -0.2) is 8.42 Å². The van der Waals surface area contributed by atoms with Gasteiger partial charge in [0.2, 0.25) is 10.0 Å². The smallest absolute Gasteiger partial charge is 0.257 e. The van der Waals surface area contributed by atoms with Crippen LogP contribution in [0.15, 0.2) is 36.4 Å². The highest BCUT2D eigenvalue weighted by Crippen LogP contribution is 2.32. The van der Waals surface area contributed by atoms with E-state index in [2.05, 4.69) is 16.4 Å². The number of nitrogens with zero attached hydrogens (tertiary/aromatic N) is 2. The highest BCUT2D eigenvalue weighted by Gasteiger charge is 2.24. The van der Waals surface area contributed by atoms with Gasteiger partial charge in [-0.05, 0) is 69.0 Å². The Labute approximate surface area is 177 Å². The Morgan fingerprint density at radius 2 is 1.87 bits per heavy atom. The second kappa shape index (κ2) is 7.40. The maximum absolute atomic E-state index is 13.0. The molecule has 1 aliphatic heterocycles. The van der Waals surface area contributed by atoms with E-state index in [0.717, 1.165) is 40.4 Å². The van der Waals surface area contributed by atoms with E-state index in [0.29, 0.717) is 29.2 Å². The average molecular weight is 424 g/mol. The van der Waals surface area contributed by atoms with E-state index in [1.54, 1.807) is 6.07 Å². The van der Waals surface area contributed by atoms with Crippen LogP contribution in [0.5, 0.6) is 0 Å². The maximum atomic E-state index is 13.0. The molecule has 156 valence electrons. The molecular formula is C23H25N3O3S. The van der Waals surface area contributed by atoms with Crippen LogP contribution in [0.2, 0.25) is 0 Å². The Balaban J connectivity index is 1.69. The number of pyridine rings is 1. The first-order valence-electron chi connectivity index (χ1n) is 9.94. The van der Waals surface area contributed by atoms with Crippen LogP contribution in [0.3, 0.4) is 0 Å². The van der Waals surface area contributed by atoms with E-state index in [1.165, 1.54) is 10.6 Å². The molecule has 0 fully saturated rings. The van der Waals surface area contributed by atoms with Gasteiger partial charge in [-0.3, -0.25) is 14.1 Å². The lowest BCUT2D eigenvalue weighted by molar-refractivity contribution is 0.102. The highest BCUT2D eigenvalue weighted by atomic mass is 32.2. The van der Waals surface area contributed by atoms with Gasteiger partial charge in [-0.1, -0.05) is 17.7 Å². The van der Waals surface area contributed by atoms with E-state index in [4.69, 9.17) is 0 Å². The maximum Gasteiger partial charge on any atom is 0.257 e. The Morgan fingerprint density at radius 3 is 2.60 bits per heavy atom. The second-order valence-electron chi connectivity index (χ2n) is 8.01. The van der Waals surface area contributed by atoms with Crippen LogP contribution in [0.25, 0.3) is 10.9 Å². The van der Waals surface area contributed by atoms with Crippen LogP contribution < -0.4 is 9.62 Å². The molecule has 1 aromatic heterocycles. The zero-order valence-electron chi connectivity index (χ0n) is 17.6. The number of fused-ring (bicyclic) bond motifs is 2. The summed E-state index contributed by atoms with van der Waals surface area (Å²) in [6.45, 7) is 6.32. The summed E-state index contributed by atoms with van der Waals surface area (Å²) in [4.78, 5) is 17.7. The molecule has 1 N–H and O–H groups in total. The van der Waals surface area contributed by atoms with Crippen molar-refractivity contribution in [2.75, 3.05) is 22.4 Å². The first-order chi connectivity index (χ1) is 14.1. The van der Waals surface area contributed by atoms with Crippen LogP contribution in [-0.4, -0.2) is 32.1 Å². The summed E-state index contributed by atoms with van der Waals surface area (Å²) in [5, 5.41) is 3.84. The molecule has 0 aliphatic carbocycles. The summed E-state index contributed by atoms with van der Waals surface area (Å²) < 4.78 is 25.7. The average Bonchev–Trinajstić information content (AvgIpc) is 2.66. The summed E-state index contributed by atoms with van der Waals surface area (Å²) in [7, 11) is -3.37. The van der Waals surface area contributed by atoms with Gasteiger partial charge in [0.1, 0.15) is 0 Å². The van der Waals surface area contributed by atoms with E-state index in [9.17, 15) is 13.2 Å². The molecule has 6 nitrogen and oxygen atoms in total. The molecule has 3 aromatic rings. The van der Waals surface area contributed by atoms with E-state index >= 15 is 0 Å². The zero-order chi connectivity index (χ0) is 21.6. The molecule has 1 aliphatic rings. The molecular weight excluding hydrogens is 398 g/mol. The van der Waals surface area contributed by atoms with Gasteiger partial charge < -0.3 is 5.32 Å².